The van der Waals surface area contributed by atoms with Crippen LogP contribution in [0, 0.1) is 0 Å². The SMILES string of the molecule is CCc1ccc(-c2noc(CN(C)Cc3ccc(C(=O)NC)cc3)n2)cc1. The molecule has 1 aromatic heterocycles. The van der Waals surface area contributed by atoms with Crippen molar-refractivity contribution in [2.75, 3.05) is 14.1 Å². The van der Waals surface area contributed by atoms with Gasteiger partial charge in [0.15, 0.2) is 0 Å². The van der Waals surface area contributed by atoms with E-state index in [-0.39, 0.29) is 5.91 Å². The Balaban J connectivity index is 1.60. The monoisotopic (exact) mass is 364 g/mol. The van der Waals surface area contributed by atoms with Gasteiger partial charge in [-0.25, -0.2) is 0 Å². The van der Waals surface area contributed by atoms with Crippen LogP contribution in [-0.2, 0) is 19.5 Å². The number of rotatable bonds is 7. The fraction of sp³-hybridized carbons (Fsp3) is 0.286. The lowest BCUT2D eigenvalue weighted by Gasteiger charge is -2.14. The highest BCUT2D eigenvalue weighted by molar-refractivity contribution is 5.93. The zero-order valence-corrected chi connectivity index (χ0v) is 15.9. The average Bonchev–Trinajstić information content (AvgIpc) is 3.16. The molecular weight excluding hydrogens is 340 g/mol. The van der Waals surface area contributed by atoms with Crippen LogP contribution in [0.25, 0.3) is 11.4 Å². The molecule has 0 aliphatic heterocycles. The summed E-state index contributed by atoms with van der Waals surface area (Å²) in [5, 5.41) is 6.70. The molecule has 1 heterocycles. The van der Waals surface area contributed by atoms with Crippen LogP contribution in [0.15, 0.2) is 53.1 Å². The molecular formula is C21H24N4O2. The Hall–Kier alpha value is -2.99. The third kappa shape index (κ3) is 4.80. The summed E-state index contributed by atoms with van der Waals surface area (Å²) in [5.41, 5.74) is 4.00. The van der Waals surface area contributed by atoms with Gasteiger partial charge in [-0.05, 0) is 36.7 Å². The molecule has 0 radical (unpaired) electrons. The van der Waals surface area contributed by atoms with E-state index in [0.29, 0.717) is 23.8 Å². The molecule has 0 saturated carbocycles. The molecule has 3 aromatic rings. The standard InChI is InChI=1S/C21H24N4O2/c1-4-15-5-9-17(10-6-15)20-23-19(27-24-20)14-25(3)13-16-7-11-18(12-8-16)21(26)22-2/h5-12H,4,13-14H2,1-3H3,(H,22,26). The molecule has 140 valence electrons. The highest BCUT2D eigenvalue weighted by Gasteiger charge is 2.11. The molecule has 0 aliphatic carbocycles. The van der Waals surface area contributed by atoms with E-state index in [9.17, 15) is 4.79 Å². The number of aromatic nitrogens is 2. The first-order valence-corrected chi connectivity index (χ1v) is 9.00. The second kappa shape index (κ2) is 8.60. The van der Waals surface area contributed by atoms with Gasteiger partial charge in [-0.1, -0.05) is 48.5 Å². The normalized spacial score (nSPS) is 11.0. The molecule has 27 heavy (non-hydrogen) atoms. The number of hydrogen-bond acceptors (Lipinski definition) is 5. The zero-order valence-electron chi connectivity index (χ0n) is 15.9. The van der Waals surface area contributed by atoms with E-state index in [1.54, 1.807) is 7.05 Å². The molecule has 0 saturated heterocycles. The molecule has 2 aromatic carbocycles. The maximum absolute atomic E-state index is 11.6. The Labute approximate surface area is 159 Å². The number of benzene rings is 2. The van der Waals surface area contributed by atoms with Crippen LogP contribution in [0.3, 0.4) is 0 Å². The molecule has 0 bridgehead atoms. The Bertz CT molecular complexity index is 885. The maximum Gasteiger partial charge on any atom is 0.251 e. The first-order chi connectivity index (χ1) is 13.1. The summed E-state index contributed by atoms with van der Waals surface area (Å²) >= 11 is 0. The summed E-state index contributed by atoms with van der Waals surface area (Å²) in [4.78, 5) is 18.2. The van der Waals surface area contributed by atoms with Crippen LogP contribution in [0.5, 0.6) is 0 Å². The minimum atomic E-state index is -0.0831. The average molecular weight is 364 g/mol. The van der Waals surface area contributed by atoms with Crippen LogP contribution >= 0.6 is 0 Å². The van der Waals surface area contributed by atoms with E-state index in [4.69, 9.17) is 4.52 Å². The van der Waals surface area contributed by atoms with E-state index in [2.05, 4.69) is 39.4 Å². The van der Waals surface area contributed by atoms with Crippen molar-refractivity contribution < 1.29 is 9.32 Å². The largest absolute Gasteiger partial charge is 0.355 e. The predicted molar refractivity (Wildman–Crippen MR) is 104 cm³/mol. The fourth-order valence-corrected chi connectivity index (χ4v) is 2.83. The van der Waals surface area contributed by atoms with Crippen molar-refractivity contribution in [3.8, 4) is 11.4 Å². The molecule has 6 nitrogen and oxygen atoms in total. The van der Waals surface area contributed by atoms with E-state index < -0.39 is 0 Å². The minimum absolute atomic E-state index is 0.0831. The van der Waals surface area contributed by atoms with Crippen LogP contribution in [0.2, 0.25) is 0 Å². The molecule has 0 aliphatic rings. The molecule has 1 amide bonds. The molecule has 0 spiro atoms. The molecule has 3 rings (SSSR count). The van der Waals surface area contributed by atoms with Crippen molar-refractivity contribution in [2.24, 2.45) is 0 Å². The second-order valence-electron chi connectivity index (χ2n) is 6.51. The number of amides is 1. The van der Waals surface area contributed by atoms with Gasteiger partial charge in [0.2, 0.25) is 11.7 Å². The second-order valence-corrected chi connectivity index (χ2v) is 6.51. The van der Waals surface area contributed by atoms with Crippen LogP contribution < -0.4 is 5.32 Å². The van der Waals surface area contributed by atoms with Gasteiger partial charge in [0.1, 0.15) is 0 Å². The number of hydrogen-bond donors (Lipinski definition) is 1. The number of nitrogens with zero attached hydrogens (tertiary/aromatic N) is 3. The number of nitrogens with one attached hydrogen (secondary N) is 1. The van der Waals surface area contributed by atoms with Crippen molar-refractivity contribution in [2.45, 2.75) is 26.4 Å². The first-order valence-electron chi connectivity index (χ1n) is 9.00. The van der Waals surface area contributed by atoms with Crippen molar-refractivity contribution in [1.82, 2.24) is 20.4 Å². The van der Waals surface area contributed by atoms with Gasteiger partial charge in [-0.3, -0.25) is 9.69 Å². The van der Waals surface area contributed by atoms with Crippen LogP contribution in [-0.4, -0.2) is 35.0 Å². The van der Waals surface area contributed by atoms with Crippen LogP contribution in [0.1, 0.15) is 34.3 Å². The molecule has 0 atom stereocenters. The summed E-state index contributed by atoms with van der Waals surface area (Å²) < 4.78 is 5.39. The lowest BCUT2D eigenvalue weighted by molar-refractivity contribution is 0.0963. The Morgan fingerprint density at radius 3 is 2.33 bits per heavy atom. The van der Waals surface area contributed by atoms with E-state index >= 15 is 0 Å². The molecule has 0 unspecified atom stereocenters. The summed E-state index contributed by atoms with van der Waals surface area (Å²) in [6, 6.07) is 15.8. The summed E-state index contributed by atoms with van der Waals surface area (Å²) in [5.74, 6) is 1.10. The fourth-order valence-electron chi connectivity index (χ4n) is 2.83. The zero-order chi connectivity index (χ0) is 19.2. The Morgan fingerprint density at radius 1 is 1.04 bits per heavy atom. The topological polar surface area (TPSA) is 71.3 Å². The van der Waals surface area contributed by atoms with Crippen LogP contribution in [0.4, 0.5) is 0 Å². The van der Waals surface area contributed by atoms with Gasteiger partial charge in [0, 0.05) is 24.7 Å². The lowest BCUT2D eigenvalue weighted by atomic mass is 10.1. The predicted octanol–water partition coefficient (Wildman–Crippen LogP) is 3.29. The van der Waals surface area contributed by atoms with E-state index in [1.807, 2.05) is 43.4 Å². The van der Waals surface area contributed by atoms with Crippen molar-refractivity contribution in [3.63, 3.8) is 0 Å². The minimum Gasteiger partial charge on any atom is -0.355 e. The van der Waals surface area contributed by atoms with Gasteiger partial charge in [0.25, 0.3) is 5.91 Å². The van der Waals surface area contributed by atoms with Gasteiger partial charge in [0.05, 0.1) is 6.54 Å². The third-order valence-electron chi connectivity index (χ3n) is 4.39. The number of aryl methyl sites for hydroxylation is 1. The van der Waals surface area contributed by atoms with Gasteiger partial charge in [-0.2, -0.15) is 4.98 Å². The first kappa shape index (κ1) is 18.8. The molecule has 6 heteroatoms. The third-order valence-corrected chi connectivity index (χ3v) is 4.39. The van der Waals surface area contributed by atoms with Gasteiger partial charge >= 0.3 is 0 Å². The smallest absolute Gasteiger partial charge is 0.251 e. The van der Waals surface area contributed by atoms with E-state index in [0.717, 1.165) is 24.1 Å². The maximum atomic E-state index is 11.6. The van der Waals surface area contributed by atoms with Crippen molar-refractivity contribution in [1.29, 1.82) is 0 Å². The summed E-state index contributed by atoms with van der Waals surface area (Å²) in [6.45, 7) is 3.40. The molecule has 0 fully saturated rings. The van der Waals surface area contributed by atoms with Gasteiger partial charge < -0.3 is 9.84 Å². The lowest BCUT2D eigenvalue weighted by Crippen LogP contribution is -2.19. The summed E-state index contributed by atoms with van der Waals surface area (Å²) in [6.07, 6.45) is 1.01. The van der Waals surface area contributed by atoms with E-state index in [1.165, 1.54) is 5.56 Å². The highest BCUT2D eigenvalue weighted by atomic mass is 16.5. The molecule has 1 N–H and O–H groups in total. The highest BCUT2D eigenvalue weighted by Crippen LogP contribution is 2.17. The summed E-state index contributed by atoms with van der Waals surface area (Å²) in [7, 11) is 3.62. The quantitative estimate of drug-likeness (QED) is 0.696. The van der Waals surface area contributed by atoms with Crippen molar-refractivity contribution >= 4 is 5.91 Å². The number of carbonyl (C=O) groups excluding carboxylic acids is 1. The Morgan fingerprint density at radius 2 is 1.70 bits per heavy atom. The Kier molecular flexibility index (Phi) is 5.98. The van der Waals surface area contributed by atoms with Gasteiger partial charge in [-0.15, -0.1) is 0 Å². The van der Waals surface area contributed by atoms with Crippen molar-refractivity contribution in [3.05, 3.63) is 71.1 Å². The number of carbonyl (C=O) groups is 1.